The first-order valence-electron chi connectivity index (χ1n) is 9.74. The summed E-state index contributed by atoms with van der Waals surface area (Å²) in [7, 11) is 3.82. The van der Waals surface area contributed by atoms with Crippen molar-refractivity contribution in [2.24, 2.45) is 7.05 Å². The number of carbonyl (C=O) groups excluding carboxylic acids is 1. The fourth-order valence-electron chi connectivity index (χ4n) is 3.52. The van der Waals surface area contributed by atoms with Gasteiger partial charge in [0.25, 0.3) is 5.91 Å². The van der Waals surface area contributed by atoms with Crippen LogP contribution in [0.5, 0.6) is 5.88 Å². The third kappa shape index (κ3) is 4.00. The van der Waals surface area contributed by atoms with E-state index in [9.17, 15) is 4.79 Å². The quantitative estimate of drug-likeness (QED) is 0.657. The smallest absolute Gasteiger partial charge is 0.262 e. The summed E-state index contributed by atoms with van der Waals surface area (Å²) < 4.78 is 7.40. The number of benzene rings is 1. The number of hydrogen-bond donors (Lipinski definition) is 2. The van der Waals surface area contributed by atoms with E-state index in [0.29, 0.717) is 35.7 Å². The minimum atomic E-state index is -0.308. The molecule has 29 heavy (non-hydrogen) atoms. The molecule has 0 saturated carbocycles. The zero-order valence-electron chi connectivity index (χ0n) is 16.8. The lowest BCUT2D eigenvalue weighted by molar-refractivity contribution is 0.102. The molecule has 1 amide bonds. The highest BCUT2D eigenvalue weighted by atomic mass is 16.5. The molecular formula is C20H25N7O2. The monoisotopic (exact) mass is 395 g/mol. The molecule has 1 atom stereocenters. The summed E-state index contributed by atoms with van der Waals surface area (Å²) in [6.45, 7) is 3.98. The predicted molar refractivity (Wildman–Crippen MR) is 112 cm³/mol. The number of anilines is 2. The molecule has 1 fully saturated rings. The van der Waals surface area contributed by atoms with Gasteiger partial charge in [-0.15, -0.1) is 0 Å². The van der Waals surface area contributed by atoms with Gasteiger partial charge in [-0.1, -0.05) is 0 Å². The van der Waals surface area contributed by atoms with Crippen LogP contribution >= 0.6 is 0 Å². The number of likely N-dealkylation sites (N-methyl/N-ethyl adjacent to an activating group) is 1. The van der Waals surface area contributed by atoms with Gasteiger partial charge in [0.05, 0.1) is 12.1 Å². The van der Waals surface area contributed by atoms with E-state index in [0.717, 1.165) is 30.4 Å². The van der Waals surface area contributed by atoms with Crippen molar-refractivity contribution in [1.29, 1.82) is 0 Å². The van der Waals surface area contributed by atoms with Crippen LogP contribution in [0.2, 0.25) is 0 Å². The SMILES string of the molecule is CCOc1nc(N2CC[C@@H](NC)C2)ncc1C(=O)Nc1ccc2nn(C)cc2c1. The summed E-state index contributed by atoms with van der Waals surface area (Å²) in [5, 5.41) is 11.5. The Balaban J connectivity index is 1.56. The molecule has 1 aliphatic rings. The predicted octanol–water partition coefficient (Wildman–Crippen LogP) is 1.81. The second-order valence-corrected chi connectivity index (χ2v) is 7.07. The Bertz CT molecular complexity index is 1030. The standard InChI is InChI=1S/C20H25N7O2/c1-4-29-19-16(10-22-20(24-19)27-8-7-15(12-27)21-2)18(28)23-14-5-6-17-13(9-14)11-26(3)25-17/h5-6,9-11,15,21H,4,7-8,12H2,1-3H3,(H,23,28)/t15-/m1/s1. The average Bonchev–Trinajstić information content (AvgIpc) is 3.33. The third-order valence-corrected chi connectivity index (χ3v) is 5.02. The Morgan fingerprint density at radius 3 is 3.00 bits per heavy atom. The Hall–Kier alpha value is -3.20. The summed E-state index contributed by atoms with van der Waals surface area (Å²) in [6.07, 6.45) is 4.48. The molecule has 3 aromatic rings. The molecule has 152 valence electrons. The van der Waals surface area contributed by atoms with Gasteiger partial charge in [0.2, 0.25) is 11.8 Å². The number of carbonyl (C=O) groups is 1. The number of aryl methyl sites for hydroxylation is 1. The maximum atomic E-state index is 12.9. The zero-order chi connectivity index (χ0) is 20.4. The van der Waals surface area contributed by atoms with Crippen LogP contribution in [0.3, 0.4) is 0 Å². The van der Waals surface area contributed by atoms with Crippen molar-refractivity contribution in [2.75, 3.05) is 37.0 Å². The van der Waals surface area contributed by atoms with E-state index in [1.54, 1.807) is 4.68 Å². The van der Waals surface area contributed by atoms with Crippen molar-refractivity contribution in [1.82, 2.24) is 25.1 Å². The number of nitrogens with zero attached hydrogens (tertiary/aromatic N) is 5. The van der Waals surface area contributed by atoms with E-state index >= 15 is 0 Å². The average molecular weight is 395 g/mol. The number of hydrogen-bond acceptors (Lipinski definition) is 7. The van der Waals surface area contributed by atoms with Crippen molar-refractivity contribution in [3.63, 3.8) is 0 Å². The van der Waals surface area contributed by atoms with Crippen molar-refractivity contribution >= 4 is 28.4 Å². The Morgan fingerprint density at radius 1 is 1.38 bits per heavy atom. The maximum Gasteiger partial charge on any atom is 0.262 e. The molecule has 0 unspecified atom stereocenters. The van der Waals surface area contributed by atoms with Crippen LogP contribution in [-0.4, -0.2) is 58.4 Å². The Labute approximate surface area is 169 Å². The molecule has 0 radical (unpaired) electrons. The topological polar surface area (TPSA) is 97.2 Å². The fourth-order valence-corrected chi connectivity index (χ4v) is 3.52. The Morgan fingerprint density at radius 2 is 2.24 bits per heavy atom. The lowest BCUT2D eigenvalue weighted by Crippen LogP contribution is -2.30. The molecule has 2 N–H and O–H groups in total. The number of fused-ring (bicyclic) bond motifs is 1. The Kier molecular flexibility index (Phi) is 5.30. The third-order valence-electron chi connectivity index (χ3n) is 5.02. The van der Waals surface area contributed by atoms with Crippen LogP contribution in [-0.2, 0) is 7.05 Å². The summed E-state index contributed by atoms with van der Waals surface area (Å²) in [5.41, 5.74) is 1.86. The lowest BCUT2D eigenvalue weighted by Gasteiger charge is -2.18. The summed E-state index contributed by atoms with van der Waals surface area (Å²) in [4.78, 5) is 23.9. The number of nitrogens with one attached hydrogen (secondary N) is 2. The van der Waals surface area contributed by atoms with Gasteiger partial charge in [-0.2, -0.15) is 10.1 Å². The second-order valence-electron chi connectivity index (χ2n) is 7.07. The molecule has 2 aromatic heterocycles. The first-order valence-corrected chi connectivity index (χ1v) is 9.74. The largest absolute Gasteiger partial charge is 0.477 e. The van der Waals surface area contributed by atoms with Gasteiger partial charge in [-0.25, -0.2) is 4.98 Å². The molecule has 4 rings (SSSR count). The minimum absolute atomic E-state index is 0.297. The van der Waals surface area contributed by atoms with Crippen molar-refractivity contribution in [3.05, 3.63) is 36.2 Å². The van der Waals surface area contributed by atoms with Crippen LogP contribution in [0.25, 0.3) is 10.9 Å². The van der Waals surface area contributed by atoms with Gasteiger partial charge < -0.3 is 20.3 Å². The molecular weight excluding hydrogens is 370 g/mol. The van der Waals surface area contributed by atoms with E-state index in [1.165, 1.54) is 6.20 Å². The first kappa shape index (κ1) is 19.1. The van der Waals surface area contributed by atoms with Crippen LogP contribution in [0.4, 0.5) is 11.6 Å². The van der Waals surface area contributed by atoms with Gasteiger partial charge in [-0.3, -0.25) is 9.48 Å². The van der Waals surface area contributed by atoms with Crippen molar-refractivity contribution < 1.29 is 9.53 Å². The maximum absolute atomic E-state index is 12.9. The van der Waals surface area contributed by atoms with Gasteiger partial charge in [0, 0.05) is 49.6 Å². The van der Waals surface area contributed by atoms with Crippen LogP contribution in [0.15, 0.2) is 30.6 Å². The van der Waals surface area contributed by atoms with Gasteiger partial charge >= 0.3 is 0 Å². The molecule has 0 aliphatic carbocycles. The molecule has 3 heterocycles. The number of ether oxygens (including phenoxy) is 1. The molecule has 9 nitrogen and oxygen atoms in total. The van der Waals surface area contributed by atoms with Gasteiger partial charge in [-0.05, 0) is 38.6 Å². The number of amides is 1. The molecule has 0 spiro atoms. The van der Waals surface area contributed by atoms with E-state index in [1.807, 2.05) is 45.4 Å². The summed E-state index contributed by atoms with van der Waals surface area (Å²) in [6, 6.07) is 6.00. The highest BCUT2D eigenvalue weighted by Gasteiger charge is 2.25. The van der Waals surface area contributed by atoms with Gasteiger partial charge in [0.1, 0.15) is 5.56 Å². The van der Waals surface area contributed by atoms with Gasteiger partial charge in [0.15, 0.2) is 0 Å². The number of aromatic nitrogens is 4. The zero-order valence-corrected chi connectivity index (χ0v) is 16.8. The molecule has 1 saturated heterocycles. The second kappa shape index (κ2) is 8.04. The van der Waals surface area contributed by atoms with E-state index in [2.05, 4.69) is 30.6 Å². The summed E-state index contributed by atoms with van der Waals surface area (Å²) >= 11 is 0. The summed E-state index contributed by atoms with van der Waals surface area (Å²) in [5.74, 6) is 0.572. The highest BCUT2D eigenvalue weighted by molar-refractivity contribution is 6.06. The van der Waals surface area contributed by atoms with Crippen LogP contribution in [0.1, 0.15) is 23.7 Å². The lowest BCUT2D eigenvalue weighted by atomic mass is 10.2. The molecule has 1 aromatic carbocycles. The molecule has 1 aliphatic heterocycles. The first-order chi connectivity index (χ1) is 14.1. The number of rotatable bonds is 6. The normalized spacial score (nSPS) is 16.4. The minimum Gasteiger partial charge on any atom is -0.477 e. The molecule has 9 heteroatoms. The van der Waals surface area contributed by atoms with E-state index < -0.39 is 0 Å². The van der Waals surface area contributed by atoms with Crippen LogP contribution < -0.4 is 20.3 Å². The highest BCUT2D eigenvalue weighted by Crippen LogP contribution is 2.24. The fraction of sp³-hybridized carbons (Fsp3) is 0.400. The van der Waals surface area contributed by atoms with E-state index in [-0.39, 0.29) is 5.91 Å². The van der Waals surface area contributed by atoms with Crippen LogP contribution in [0, 0.1) is 0 Å². The van der Waals surface area contributed by atoms with E-state index in [4.69, 9.17) is 4.74 Å². The van der Waals surface area contributed by atoms with Crippen molar-refractivity contribution in [2.45, 2.75) is 19.4 Å². The van der Waals surface area contributed by atoms with Crippen molar-refractivity contribution in [3.8, 4) is 5.88 Å². The molecule has 0 bridgehead atoms.